The van der Waals surface area contributed by atoms with E-state index in [1.165, 1.54) is 25.3 Å². The molecule has 0 fully saturated rings. The second kappa shape index (κ2) is 10.9. The Morgan fingerprint density at radius 1 is 1.00 bits per heavy atom. The predicted molar refractivity (Wildman–Crippen MR) is 134 cm³/mol. The number of carbonyl (C=O) groups is 2. The highest BCUT2D eigenvalue weighted by molar-refractivity contribution is 5.96. The number of methoxy groups -OCH3 is 1. The molecule has 0 saturated carbocycles. The molecule has 3 aromatic carbocycles. The predicted octanol–water partition coefficient (Wildman–Crippen LogP) is 4.43. The minimum absolute atomic E-state index is 0.0160. The number of nitro benzene ring substituents is 1. The average Bonchev–Trinajstić information content (AvgIpc) is 2.89. The number of urea groups is 1. The zero-order chi connectivity index (χ0) is 25.5. The molecule has 0 aliphatic rings. The lowest BCUT2D eigenvalue weighted by Gasteiger charge is -2.12. The van der Waals surface area contributed by atoms with E-state index in [4.69, 9.17) is 4.74 Å². The van der Waals surface area contributed by atoms with Gasteiger partial charge in [0.05, 0.1) is 23.1 Å². The number of benzene rings is 3. The van der Waals surface area contributed by atoms with Gasteiger partial charge in [0.25, 0.3) is 5.69 Å². The summed E-state index contributed by atoms with van der Waals surface area (Å²) in [5.41, 5.74) is 2.28. The first-order valence-corrected chi connectivity index (χ1v) is 10.9. The molecule has 3 N–H and O–H groups in total. The fourth-order valence-corrected chi connectivity index (χ4v) is 3.44. The van der Waals surface area contributed by atoms with Crippen LogP contribution < -0.4 is 16.0 Å². The number of anilines is 3. The molecule has 0 aliphatic carbocycles. The molecule has 0 radical (unpaired) electrons. The fraction of sp³-hybridized carbons (Fsp3) is 0.120. The monoisotopic (exact) mass is 486 g/mol. The Morgan fingerprint density at radius 3 is 2.44 bits per heavy atom. The highest BCUT2D eigenvalue weighted by Crippen LogP contribution is 2.28. The van der Waals surface area contributed by atoms with Crippen LogP contribution in [0.25, 0.3) is 10.9 Å². The zero-order valence-corrected chi connectivity index (χ0v) is 19.2. The first-order valence-electron chi connectivity index (χ1n) is 10.9. The van der Waals surface area contributed by atoms with Crippen molar-refractivity contribution in [2.24, 2.45) is 0 Å². The molecule has 0 spiro atoms. The summed E-state index contributed by atoms with van der Waals surface area (Å²) in [5.74, 6) is -0.217. The third-order valence-corrected chi connectivity index (χ3v) is 5.23. The second-order valence-electron chi connectivity index (χ2n) is 7.66. The number of nitrogens with zero attached hydrogens (tertiary/aromatic N) is 3. The lowest BCUT2D eigenvalue weighted by molar-refractivity contribution is -0.384. The van der Waals surface area contributed by atoms with E-state index in [0.29, 0.717) is 35.1 Å². The Morgan fingerprint density at radius 2 is 1.75 bits per heavy atom. The van der Waals surface area contributed by atoms with Gasteiger partial charge in [0.1, 0.15) is 5.82 Å². The molecule has 182 valence electrons. The minimum Gasteiger partial charge on any atom is -0.465 e. The average molecular weight is 486 g/mol. The van der Waals surface area contributed by atoms with Crippen LogP contribution in [0.5, 0.6) is 0 Å². The number of hydrogen-bond donors (Lipinski definition) is 3. The minimum atomic E-state index is -0.513. The van der Waals surface area contributed by atoms with Crippen LogP contribution in [-0.2, 0) is 11.2 Å². The number of aromatic nitrogens is 2. The number of fused-ring (bicyclic) bond motifs is 1. The van der Waals surface area contributed by atoms with E-state index in [1.807, 2.05) is 30.3 Å². The Hall–Kier alpha value is -5.06. The lowest BCUT2D eigenvalue weighted by atomic mass is 10.1. The van der Waals surface area contributed by atoms with Gasteiger partial charge in [-0.05, 0) is 42.3 Å². The molecule has 2 amide bonds. The van der Waals surface area contributed by atoms with E-state index < -0.39 is 16.9 Å². The van der Waals surface area contributed by atoms with Crippen LogP contribution in [0.3, 0.4) is 0 Å². The van der Waals surface area contributed by atoms with Crippen molar-refractivity contribution < 1.29 is 19.2 Å². The largest absolute Gasteiger partial charge is 0.465 e. The van der Waals surface area contributed by atoms with Crippen LogP contribution in [0, 0.1) is 10.1 Å². The number of carbonyl (C=O) groups excluding carboxylic acids is 2. The molecule has 11 nitrogen and oxygen atoms in total. The van der Waals surface area contributed by atoms with Crippen molar-refractivity contribution in [3.63, 3.8) is 0 Å². The van der Waals surface area contributed by atoms with Gasteiger partial charge in [-0.2, -0.15) is 4.98 Å². The highest BCUT2D eigenvalue weighted by Gasteiger charge is 2.15. The Kier molecular flexibility index (Phi) is 7.30. The third-order valence-electron chi connectivity index (χ3n) is 5.23. The summed E-state index contributed by atoms with van der Waals surface area (Å²) in [4.78, 5) is 43.6. The van der Waals surface area contributed by atoms with Gasteiger partial charge in [-0.15, -0.1) is 0 Å². The van der Waals surface area contributed by atoms with Crippen molar-refractivity contribution in [1.29, 1.82) is 0 Å². The SMILES string of the molecule is COC(=O)c1ccc(Nc2nc(NC(=O)NCCc3ccccc3)nc3ccc([N+](=O)[O-])cc23)cc1. The number of non-ortho nitro benzene ring substituents is 1. The van der Waals surface area contributed by atoms with Crippen molar-refractivity contribution in [2.75, 3.05) is 24.3 Å². The van der Waals surface area contributed by atoms with Gasteiger partial charge in [-0.3, -0.25) is 15.4 Å². The van der Waals surface area contributed by atoms with Crippen molar-refractivity contribution in [3.8, 4) is 0 Å². The van der Waals surface area contributed by atoms with E-state index in [-0.39, 0.29) is 17.5 Å². The van der Waals surface area contributed by atoms with Gasteiger partial charge in [0.2, 0.25) is 5.95 Å². The van der Waals surface area contributed by atoms with Gasteiger partial charge in [0, 0.05) is 29.8 Å². The molecule has 0 unspecified atom stereocenters. The quantitative estimate of drug-likeness (QED) is 0.188. The van der Waals surface area contributed by atoms with Gasteiger partial charge in [0.15, 0.2) is 0 Å². The first-order chi connectivity index (χ1) is 17.4. The number of ether oxygens (including phenoxy) is 1. The van der Waals surface area contributed by atoms with Crippen molar-refractivity contribution in [1.82, 2.24) is 15.3 Å². The molecule has 11 heteroatoms. The number of amides is 2. The topological polar surface area (TPSA) is 148 Å². The van der Waals surface area contributed by atoms with Crippen LogP contribution in [-0.4, -0.2) is 40.5 Å². The van der Waals surface area contributed by atoms with Crippen LogP contribution in [0.1, 0.15) is 15.9 Å². The van der Waals surface area contributed by atoms with E-state index in [9.17, 15) is 19.7 Å². The number of rotatable bonds is 8. The second-order valence-corrected chi connectivity index (χ2v) is 7.66. The maximum absolute atomic E-state index is 12.4. The van der Waals surface area contributed by atoms with Gasteiger partial charge >= 0.3 is 12.0 Å². The van der Waals surface area contributed by atoms with Crippen molar-refractivity contribution in [2.45, 2.75) is 6.42 Å². The maximum atomic E-state index is 12.4. The molecule has 0 bridgehead atoms. The number of nitro groups is 1. The van der Waals surface area contributed by atoms with E-state index in [0.717, 1.165) is 5.56 Å². The van der Waals surface area contributed by atoms with Gasteiger partial charge < -0.3 is 15.4 Å². The molecular weight excluding hydrogens is 464 g/mol. The van der Waals surface area contributed by atoms with E-state index in [2.05, 4.69) is 25.9 Å². The molecule has 0 saturated heterocycles. The fourth-order valence-electron chi connectivity index (χ4n) is 3.44. The van der Waals surface area contributed by atoms with Gasteiger partial charge in [-0.1, -0.05) is 30.3 Å². The number of nitrogens with one attached hydrogen (secondary N) is 3. The number of esters is 1. The van der Waals surface area contributed by atoms with Gasteiger partial charge in [-0.25, -0.2) is 14.6 Å². The smallest absolute Gasteiger partial charge is 0.337 e. The highest BCUT2D eigenvalue weighted by atomic mass is 16.6. The van der Waals surface area contributed by atoms with E-state index >= 15 is 0 Å². The molecule has 1 heterocycles. The van der Waals surface area contributed by atoms with Crippen molar-refractivity contribution >= 4 is 46.0 Å². The summed E-state index contributed by atoms with van der Waals surface area (Å²) in [6.45, 7) is 0.410. The van der Waals surface area contributed by atoms with Crippen LogP contribution in [0.15, 0.2) is 72.8 Å². The van der Waals surface area contributed by atoms with E-state index in [1.54, 1.807) is 24.3 Å². The summed E-state index contributed by atoms with van der Waals surface area (Å²) >= 11 is 0. The van der Waals surface area contributed by atoms with Crippen LogP contribution >= 0.6 is 0 Å². The summed E-state index contributed by atoms with van der Waals surface area (Å²) in [6, 6.07) is 19.8. The third kappa shape index (κ3) is 5.89. The zero-order valence-electron chi connectivity index (χ0n) is 19.2. The Bertz CT molecular complexity index is 1410. The summed E-state index contributed by atoms with van der Waals surface area (Å²) < 4.78 is 4.70. The molecule has 1 aromatic heterocycles. The van der Waals surface area contributed by atoms with Crippen LogP contribution in [0.2, 0.25) is 0 Å². The number of hydrogen-bond acceptors (Lipinski definition) is 8. The standard InChI is InChI=1S/C25H22N6O5/c1-36-23(32)17-7-9-18(10-8-17)27-22-20-15-19(31(34)35)11-12-21(20)28-24(29-22)30-25(33)26-14-13-16-5-3-2-4-6-16/h2-12,15H,13-14H2,1H3,(H3,26,27,28,29,30,33). The molecular formula is C25H22N6O5. The molecule has 4 rings (SSSR count). The molecule has 0 aliphatic heterocycles. The molecule has 0 atom stereocenters. The summed E-state index contributed by atoms with van der Waals surface area (Å²) in [5, 5.41) is 20.1. The summed E-state index contributed by atoms with van der Waals surface area (Å²) in [7, 11) is 1.29. The summed E-state index contributed by atoms with van der Waals surface area (Å²) in [6.07, 6.45) is 0.658. The van der Waals surface area contributed by atoms with Crippen LogP contribution in [0.4, 0.5) is 27.9 Å². The molecule has 36 heavy (non-hydrogen) atoms. The lowest BCUT2D eigenvalue weighted by Crippen LogP contribution is -2.31. The maximum Gasteiger partial charge on any atom is 0.337 e. The Balaban J connectivity index is 1.56. The van der Waals surface area contributed by atoms with Crippen molar-refractivity contribution in [3.05, 3.63) is 94.0 Å². The normalized spacial score (nSPS) is 10.5. The Labute approximate surface area is 205 Å². The molecule has 4 aromatic rings. The first kappa shape index (κ1) is 24.1.